The van der Waals surface area contributed by atoms with E-state index in [4.69, 9.17) is 5.14 Å². The minimum Gasteiger partial charge on any atom is -0.304 e. The van der Waals surface area contributed by atoms with Crippen LogP contribution in [-0.4, -0.2) is 23.2 Å². The van der Waals surface area contributed by atoms with Gasteiger partial charge in [0.2, 0.25) is 0 Å². The van der Waals surface area contributed by atoms with Crippen molar-refractivity contribution in [2.75, 3.05) is 0 Å². The Bertz CT molecular complexity index is 438. The summed E-state index contributed by atoms with van der Waals surface area (Å²) in [4.78, 5) is 0. The fourth-order valence-corrected chi connectivity index (χ4v) is 2.16. The molecule has 0 spiro atoms. The lowest BCUT2D eigenvalue weighted by molar-refractivity contribution is 0.575. The van der Waals surface area contributed by atoms with Crippen LogP contribution in [0.2, 0.25) is 0 Å². The summed E-state index contributed by atoms with van der Waals surface area (Å²) < 4.78 is 23.6. The second-order valence-corrected chi connectivity index (χ2v) is 5.27. The van der Waals surface area contributed by atoms with E-state index in [1.807, 2.05) is 0 Å². The van der Waals surface area contributed by atoms with Gasteiger partial charge in [0, 0.05) is 13.5 Å². The maximum atomic E-state index is 11.1. The van der Waals surface area contributed by atoms with Crippen molar-refractivity contribution < 1.29 is 8.42 Å². The van der Waals surface area contributed by atoms with Crippen LogP contribution in [0.15, 0.2) is 5.16 Å². The predicted molar refractivity (Wildman–Crippen MR) is 60.2 cm³/mol. The van der Waals surface area contributed by atoms with Crippen LogP contribution in [0.25, 0.3) is 0 Å². The fourth-order valence-electron chi connectivity index (χ4n) is 1.52. The van der Waals surface area contributed by atoms with Gasteiger partial charge >= 0.3 is 0 Å². The number of nitrogens with two attached hydrogens (primary N) is 1. The quantitative estimate of drug-likeness (QED) is 0.743. The molecule has 0 radical (unpaired) electrons. The van der Waals surface area contributed by atoms with Crippen LogP contribution in [0.3, 0.4) is 0 Å². The zero-order valence-corrected chi connectivity index (χ0v) is 10.5. The molecule has 0 aliphatic carbocycles. The topological polar surface area (TPSA) is 90.9 Å². The van der Waals surface area contributed by atoms with Crippen LogP contribution in [-0.2, 0) is 23.5 Å². The Morgan fingerprint density at radius 1 is 1.25 bits per heavy atom. The number of primary sulfonamides is 1. The molecule has 0 aliphatic heterocycles. The lowest BCUT2D eigenvalue weighted by atomic mass is 10.1. The Morgan fingerprint density at radius 2 is 1.94 bits per heavy atom. The minimum atomic E-state index is -3.76. The molecule has 1 rings (SSSR count). The van der Waals surface area contributed by atoms with E-state index >= 15 is 0 Å². The third-order valence-electron chi connectivity index (χ3n) is 2.43. The molecular weight excluding hydrogens is 228 g/mol. The number of hydrogen-bond donors (Lipinski definition) is 1. The van der Waals surface area contributed by atoms with Gasteiger partial charge in [-0.1, -0.05) is 26.2 Å². The van der Waals surface area contributed by atoms with Gasteiger partial charge in [-0.2, -0.15) is 0 Å². The van der Waals surface area contributed by atoms with E-state index in [-0.39, 0.29) is 5.16 Å². The van der Waals surface area contributed by atoms with E-state index in [2.05, 4.69) is 17.1 Å². The van der Waals surface area contributed by atoms with Crippen molar-refractivity contribution in [1.82, 2.24) is 14.8 Å². The number of unbranched alkanes of at least 4 members (excludes halogenated alkanes) is 3. The first-order chi connectivity index (χ1) is 7.46. The third-order valence-corrected chi connectivity index (χ3v) is 3.30. The molecule has 1 aromatic heterocycles. The second-order valence-electron chi connectivity index (χ2n) is 3.81. The van der Waals surface area contributed by atoms with Gasteiger partial charge in [0.15, 0.2) is 0 Å². The molecule has 2 N–H and O–H groups in total. The lowest BCUT2D eigenvalue weighted by Crippen LogP contribution is -2.17. The zero-order valence-electron chi connectivity index (χ0n) is 9.68. The molecule has 1 heterocycles. The molecule has 92 valence electrons. The third kappa shape index (κ3) is 3.28. The number of rotatable bonds is 6. The smallest absolute Gasteiger partial charge is 0.273 e. The van der Waals surface area contributed by atoms with Crippen molar-refractivity contribution in [3.8, 4) is 0 Å². The molecular formula is C9H18N4O2S. The Hall–Kier alpha value is -0.950. The molecule has 6 nitrogen and oxygen atoms in total. The van der Waals surface area contributed by atoms with Crippen LogP contribution >= 0.6 is 0 Å². The molecule has 1 aromatic rings. The Labute approximate surface area is 95.9 Å². The average Bonchev–Trinajstić information content (AvgIpc) is 2.54. The molecule has 0 aromatic carbocycles. The monoisotopic (exact) mass is 246 g/mol. The Morgan fingerprint density at radius 3 is 2.44 bits per heavy atom. The highest BCUT2D eigenvalue weighted by atomic mass is 32.2. The largest absolute Gasteiger partial charge is 0.304 e. The number of aryl methyl sites for hydroxylation is 1. The van der Waals surface area contributed by atoms with E-state index in [1.54, 1.807) is 7.05 Å². The molecule has 0 atom stereocenters. The average molecular weight is 246 g/mol. The first-order valence-corrected chi connectivity index (χ1v) is 6.92. The number of sulfonamides is 1. The van der Waals surface area contributed by atoms with Gasteiger partial charge in [-0.25, -0.2) is 13.6 Å². The maximum absolute atomic E-state index is 11.1. The van der Waals surface area contributed by atoms with Gasteiger partial charge in [-0.05, 0) is 6.42 Å². The Balaban J connectivity index is 2.66. The lowest BCUT2D eigenvalue weighted by Gasteiger charge is -2.02. The highest BCUT2D eigenvalue weighted by Gasteiger charge is 2.17. The standard InChI is InChI=1S/C9H18N4O2S/c1-3-4-5-6-7-8-11-12-9(13(8)2)16(10,14)15/h3-7H2,1-2H3,(H2,10,14,15). The molecule has 0 saturated carbocycles. The summed E-state index contributed by atoms with van der Waals surface area (Å²) in [5, 5.41) is 12.2. The van der Waals surface area contributed by atoms with Crippen LogP contribution in [0.4, 0.5) is 0 Å². The summed E-state index contributed by atoms with van der Waals surface area (Å²) in [6.07, 6.45) is 5.19. The molecule has 7 heteroatoms. The van der Waals surface area contributed by atoms with Gasteiger partial charge < -0.3 is 4.57 Å². The van der Waals surface area contributed by atoms with Crippen LogP contribution in [0.1, 0.15) is 38.4 Å². The minimum absolute atomic E-state index is 0.169. The highest BCUT2D eigenvalue weighted by molar-refractivity contribution is 7.89. The second kappa shape index (κ2) is 5.40. The number of nitrogens with zero attached hydrogens (tertiary/aromatic N) is 3. The van der Waals surface area contributed by atoms with Gasteiger partial charge in [-0.15, -0.1) is 10.2 Å². The SMILES string of the molecule is CCCCCCc1nnc(S(N)(=O)=O)n1C. The summed E-state index contributed by atoms with van der Waals surface area (Å²) in [6, 6.07) is 0. The first-order valence-electron chi connectivity index (χ1n) is 5.38. The van der Waals surface area contributed by atoms with Crippen molar-refractivity contribution in [2.45, 2.75) is 44.2 Å². The summed E-state index contributed by atoms with van der Waals surface area (Å²) in [6.45, 7) is 2.14. The van der Waals surface area contributed by atoms with Crippen LogP contribution in [0, 0.1) is 0 Å². The maximum Gasteiger partial charge on any atom is 0.273 e. The Kier molecular flexibility index (Phi) is 4.43. The van der Waals surface area contributed by atoms with Crippen molar-refractivity contribution in [3.05, 3.63) is 5.82 Å². The van der Waals surface area contributed by atoms with Gasteiger partial charge in [-0.3, -0.25) is 0 Å². The van der Waals surface area contributed by atoms with Crippen LogP contribution < -0.4 is 5.14 Å². The summed E-state index contributed by atoms with van der Waals surface area (Å²) in [5.41, 5.74) is 0. The van der Waals surface area contributed by atoms with E-state index in [0.717, 1.165) is 19.3 Å². The highest BCUT2D eigenvalue weighted by Crippen LogP contribution is 2.08. The van der Waals surface area contributed by atoms with Crippen molar-refractivity contribution in [2.24, 2.45) is 12.2 Å². The molecule has 0 amide bonds. The predicted octanol–water partition coefficient (Wildman–Crippen LogP) is 0.585. The summed E-state index contributed by atoms with van der Waals surface area (Å²) in [5.74, 6) is 0.667. The first kappa shape index (κ1) is 13.1. The van der Waals surface area contributed by atoms with Crippen molar-refractivity contribution >= 4 is 10.0 Å². The fraction of sp³-hybridized carbons (Fsp3) is 0.778. The molecule has 0 fully saturated rings. The van der Waals surface area contributed by atoms with E-state index in [0.29, 0.717) is 5.82 Å². The van der Waals surface area contributed by atoms with E-state index in [9.17, 15) is 8.42 Å². The number of hydrogen-bond acceptors (Lipinski definition) is 4. The molecule has 0 aliphatic rings. The number of aromatic nitrogens is 3. The molecule has 0 saturated heterocycles. The normalized spacial score (nSPS) is 11.9. The van der Waals surface area contributed by atoms with Crippen molar-refractivity contribution in [1.29, 1.82) is 0 Å². The van der Waals surface area contributed by atoms with Crippen molar-refractivity contribution in [3.63, 3.8) is 0 Å². The summed E-state index contributed by atoms with van der Waals surface area (Å²) in [7, 11) is -2.14. The van der Waals surface area contributed by atoms with Gasteiger partial charge in [0.25, 0.3) is 15.2 Å². The van der Waals surface area contributed by atoms with Gasteiger partial charge in [0.05, 0.1) is 0 Å². The van der Waals surface area contributed by atoms with E-state index in [1.165, 1.54) is 17.4 Å². The summed E-state index contributed by atoms with van der Waals surface area (Å²) >= 11 is 0. The van der Waals surface area contributed by atoms with E-state index < -0.39 is 10.0 Å². The molecule has 0 bridgehead atoms. The zero-order chi connectivity index (χ0) is 12.2. The van der Waals surface area contributed by atoms with Crippen LogP contribution in [0.5, 0.6) is 0 Å². The molecule has 0 unspecified atom stereocenters. The van der Waals surface area contributed by atoms with Gasteiger partial charge in [0.1, 0.15) is 5.82 Å². The molecule has 16 heavy (non-hydrogen) atoms.